The second-order valence-corrected chi connectivity index (χ2v) is 7.00. The predicted molar refractivity (Wildman–Crippen MR) is 107 cm³/mol. The molecule has 144 valence electrons. The van der Waals surface area contributed by atoms with Crippen molar-refractivity contribution in [1.29, 1.82) is 5.26 Å². The molecule has 0 N–H and O–H groups in total. The van der Waals surface area contributed by atoms with Gasteiger partial charge in [-0.3, -0.25) is 4.79 Å². The average molecular weight is 396 g/mol. The number of aryl methyl sites for hydroxylation is 2. The van der Waals surface area contributed by atoms with Crippen molar-refractivity contribution in [2.75, 3.05) is 24.3 Å². The summed E-state index contributed by atoms with van der Waals surface area (Å²) in [6, 6.07) is 11.3. The molecule has 0 atom stereocenters. The quantitative estimate of drug-likeness (QED) is 0.567. The number of benzene rings is 1. The normalized spacial score (nSPS) is 10.6. The van der Waals surface area contributed by atoms with E-state index in [2.05, 4.69) is 21.1 Å². The van der Waals surface area contributed by atoms with Gasteiger partial charge in [0.1, 0.15) is 5.75 Å². The van der Waals surface area contributed by atoms with Gasteiger partial charge in [0, 0.05) is 17.9 Å². The van der Waals surface area contributed by atoms with Crippen LogP contribution in [0.2, 0.25) is 0 Å². The highest BCUT2D eigenvalue weighted by molar-refractivity contribution is 7.99. The number of rotatable bonds is 7. The number of methoxy groups -OCH3 is 1. The molecule has 3 aromatic rings. The molecule has 0 fully saturated rings. The Morgan fingerprint density at radius 2 is 2.11 bits per heavy atom. The molecule has 0 aliphatic carbocycles. The van der Waals surface area contributed by atoms with E-state index in [1.54, 1.807) is 28.7 Å². The van der Waals surface area contributed by atoms with Gasteiger partial charge in [-0.05, 0) is 32.0 Å². The van der Waals surface area contributed by atoms with Crippen LogP contribution >= 0.6 is 11.8 Å². The van der Waals surface area contributed by atoms with Gasteiger partial charge in [-0.15, -0.1) is 5.10 Å². The maximum atomic E-state index is 12.9. The van der Waals surface area contributed by atoms with E-state index in [-0.39, 0.29) is 24.6 Å². The van der Waals surface area contributed by atoms with Gasteiger partial charge in [0.2, 0.25) is 11.1 Å². The Labute approximate surface area is 167 Å². The Morgan fingerprint density at radius 3 is 2.86 bits per heavy atom. The van der Waals surface area contributed by atoms with Crippen molar-refractivity contribution in [3.05, 3.63) is 41.7 Å². The first-order valence-electron chi connectivity index (χ1n) is 8.67. The molecule has 2 aromatic heterocycles. The number of nitriles is 1. The van der Waals surface area contributed by atoms with E-state index in [0.717, 1.165) is 11.4 Å². The Hall–Kier alpha value is -3.12. The highest BCUT2D eigenvalue weighted by Gasteiger charge is 2.20. The molecule has 0 aliphatic heterocycles. The fourth-order valence-electron chi connectivity index (χ4n) is 2.81. The number of fused-ring (bicyclic) bond motifs is 1. The van der Waals surface area contributed by atoms with Crippen molar-refractivity contribution in [2.24, 2.45) is 0 Å². The predicted octanol–water partition coefficient (Wildman–Crippen LogP) is 2.79. The Bertz CT molecular complexity index is 1040. The summed E-state index contributed by atoms with van der Waals surface area (Å²) in [5, 5.41) is 13.8. The number of nitrogens with zero attached hydrogens (tertiary/aromatic N) is 6. The fourth-order valence-corrected chi connectivity index (χ4v) is 3.50. The molecule has 0 unspecified atom stereocenters. The van der Waals surface area contributed by atoms with E-state index in [4.69, 9.17) is 10.00 Å². The summed E-state index contributed by atoms with van der Waals surface area (Å²) in [5.41, 5.74) is 2.43. The molecule has 0 saturated carbocycles. The summed E-state index contributed by atoms with van der Waals surface area (Å²) in [5.74, 6) is 1.08. The molecule has 0 radical (unpaired) electrons. The molecule has 0 aliphatic rings. The van der Waals surface area contributed by atoms with Crippen molar-refractivity contribution >= 4 is 29.1 Å². The third kappa shape index (κ3) is 4.23. The Morgan fingerprint density at radius 1 is 1.32 bits per heavy atom. The summed E-state index contributed by atoms with van der Waals surface area (Å²) < 4.78 is 7.02. The monoisotopic (exact) mass is 396 g/mol. The van der Waals surface area contributed by atoms with Crippen LogP contribution in [0.4, 0.5) is 5.69 Å². The standard InChI is InChI=1S/C19H20N6O2S/c1-13-11-14(2)25-18(21-13)22-19(23-25)28-12-17(26)24(10-6-9-20)15-7-4-5-8-16(15)27-3/h4-5,7-8,11H,6,10,12H2,1-3H3. The molecule has 3 rings (SSSR count). The van der Waals surface area contributed by atoms with Crippen molar-refractivity contribution in [3.63, 3.8) is 0 Å². The number of aromatic nitrogens is 4. The van der Waals surface area contributed by atoms with E-state index in [9.17, 15) is 4.79 Å². The van der Waals surface area contributed by atoms with Gasteiger partial charge in [-0.25, -0.2) is 9.50 Å². The Balaban J connectivity index is 1.79. The number of para-hydroxylation sites is 2. The maximum absolute atomic E-state index is 12.9. The summed E-state index contributed by atoms with van der Waals surface area (Å²) in [6.07, 6.45) is 0.226. The van der Waals surface area contributed by atoms with Crippen molar-refractivity contribution in [3.8, 4) is 11.8 Å². The number of ether oxygens (including phenoxy) is 1. The Kier molecular flexibility index (Phi) is 6.11. The zero-order chi connectivity index (χ0) is 20.1. The lowest BCUT2D eigenvalue weighted by Gasteiger charge is -2.23. The molecule has 8 nitrogen and oxygen atoms in total. The molecule has 0 bridgehead atoms. The van der Waals surface area contributed by atoms with Crippen molar-refractivity contribution < 1.29 is 9.53 Å². The highest BCUT2D eigenvalue weighted by Crippen LogP contribution is 2.29. The summed E-state index contributed by atoms with van der Waals surface area (Å²) >= 11 is 1.24. The molecule has 1 aromatic carbocycles. The van der Waals surface area contributed by atoms with Gasteiger partial charge < -0.3 is 9.64 Å². The minimum absolute atomic E-state index is 0.137. The molecular weight excluding hydrogens is 376 g/mol. The van der Waals surface area contributed by atoms with E-state index < -0.39 is 0 Å². The van der Waals surface area contributed by atoms with Crippen LogP contribution in [0.15, 0.2) is 35.5 Å². The number of carbonyl (C=O) groups excluding carboxylic acids is 1. The number of anilines is 1. The maximum Gasteiger partial charge on any atom is 0.253 e. The lowest BCUT2D eigenvalue weighted by Crippen LogP contribution is -2.33. The molecule has 28 heavy (non-hydrogen) atoms. The number of carbonyl (C=O) groups is 1. The zero-order valence-electron chi connectivity index (χ0n) is 15.9. The van der Waals surface area contributed by atoms with Crippen molar-refractivity contribution in [2.45, 2.75) is 25.4 Å². The average Bonchev–Trinajstić information content (AvgIpc) is 3.10. The van der Waals surface area contributed by atoms with E-state index >= 15 is 0 Å². The summed E-state index contributed by atoms with van der Waals surface area (Å²) in [6.45, 7) is 4.12. The summed E-state index contributed by atoms with van der Waals surface area (Å²) in [4.78, 5) is 23.2. The molecule has 9 heteroatoms. The minimum atomic E-state index is -0.149. The van der Waals surface area contributed by atoms with Gasteiger partial charge in [0.25, 0.3) is 5.78 Å². The van der Waals surface area contributed by atoms with Crippen LogP contribution in [0.25, 0.3) is 5.78 Å². The third-order valence-corrected chi connectivity index (χ3v) is 4.87. The first-order chi connectivity index (χ1) is 13.5. The van der Waals surface area contributed by atoms with Gasteiger partial charge in [-0.1, -0.05) is 23.9 Å². The molecule has 1 amide bonds. The molecule has 2 heterocycles. The van der Waals surface area contributed by atoms with E-state index in [1.807, 2.05) is 32.0 Å². The first-order valence-corrected chi connectivity index (χ1v) is 9.66. The van der Waals surface area contributed by atoms with E-state index in [0.29, 0.717) is 22.4 Å². The van der Waals surface area contributed by atoms with Gasteiger partial charge in [0.05, 0.1) is 31.0 Å². The van der Waals surface area contributed by atoms with Crippen LogP contribution in [0.1, 0.15) is 17.8 Å². The third-order valence-electron chi connectivity index (χ3n) is 4.05. The topological polar surface area (TPSA) is 96.4 Å². The largest absolute Gasteiger partial charge is 0.495 e. The van der Waals surface area contributed by atoms with Gasteiger partial charge in [0.15, 0.2) is 0 Å². The number of thioether (sulfide) groups is 1. The van der Waals surface area contributed by atoms with Crippen LogP contribution < -0.4 is 9.64 Å². The lowest BCUT2D eigenvalue weighted by molar-refractivity contribution is -0.116. The van der Waals surface area contributed by atoms with Gasteiger partial charge >= 0.3 is 0 Å². The van der Waals surface area contributed by atoms with Crippen LogP contribution in [-0.2, 0) is 4.79 Å². The number of hydrogen-bond acceptors (Lipinski definition) is 7. The first kappa shape index (κ1) is 19.6. The van der Waals surface area contributed by atoms with Crippen LogP contribution in [0.5, 0.6) is 5.75 Å². The van der Waals surface area contributed by atoms with Crippen LogP contribution in [0.3, 0.4) is 0 Å². The fraction of sp³-hybridized carbons (Fsp3) is 0.316. The van der Waals surface area contributed by atoms with Gasteiger partial charge in [-0.2, -0.15) is 10.2 Å². The van der Waals surface area contributed by atoms with E-state index in [1.165, 1.54) is 11.8 Å². The molecule has 0 saturated heterocycles. The van der Waals surface area contributed by atoms with Crippen LogP contribution in [0, 0.1) is 25.2 Å². The molecule has 0 spiro atoms. The zero-order valence-corrected chi connectivity index (χ0v) is 16.7. The SMILES string of the molecule is COc1ccccc1N(CCC#N)C(=O)CSc1nc2nc(C)cc(C)n2n1. The molecular formula is C19H20N6O2S. The second-order valence-electron chi connectivity index (χ2n) is 6.06. The van der Waals surface area contributed by atoms with Crippen LogP contribution in [-0.4, -0.2) is 44.9 Å². The number of hydrogen-bond donors (Lipinski definition) is 0. The van der Waals surface area contributed by atoms with Crippen molar-refractivity contribution in [1.82, 2.24) is 19.6 Å². The summed E-state index contributed by atoms with van der Waals surface area (Å²) in [7, 11) is 1.55. The number of amides is 1. The highest BCUT2D eigenvalue weighted by atomic mass is 32.2. The smallest absolute Gasteiger partial charge is 0.253 e. The lowest BCUT2D eigenvalue weighted by atomic mass is 10.2. The second kappa shape index (κ2) is 8.71. The minimum Gasteiger partial charge on any atom is -0.495 e.